The summed E-state index contributed by atoms with van der Waals surface area (Å²) in [5.41, 5.74) is 0.732. The highest BCUT2D eigenvalue weighted by molar-refractivity contribution is 7.98. The zero-order valence-electron chi connectivity index (χ0n) is 11.4. The van der Waals surface area contributed by atoms with Crippen molar-refractivity contribution >= 4 is 17.7 Å². The maximum atomic E-state index is 11.0. The lowest BCUT2D eigenvalue weighted by Gasteiger charge is -2.20. The number of benzene rings is 1. The van der Waals surface area contributed by atoms with E-state index >= 15 is 0 Å². The summed E-state index contributed by atoms with van der Waals surface area (Å²) in [7, 11) is 3.24. The second-order valence-corrected chi connectivity index (χ2v) is 5.55. The van der Waals surface area contributed by atoms with Gasteiger partial charge in [-0.15, -0.1) is 11.8 Å². The Kier molecular flexibility index (Phi) is 3.94. The van der Waals surface area contributed by atoms with Crippen molar-refractivity contribution in [2.45, 2.75) is 29.6 Å². The Morgan fingerprint density at radius 3 is 2.47 bits per heavy atom. The van der Waals surface area contributed by atoms with E-state index in [2.05, 4.69) is 0 Å². The Morgan fingerprint density at radius 1 is 1.37 bits per heavy atom. The largest absolute Gasteiger partial charge is 0.495 e. The first kappa shape index (κ1) is 14.1. The molecule has 1 saturated carbocycles. The number of hydrogen-bond acceptors (Lipinski definition) is 4. The molecule has 0 aromatic heterocycles. The lowest BCUT2D eigenvalue weighted by molar-refractivity contribution is -0.137. The molecule has 1 fully saturated rings. The van der Waals surface area contributed by atoms with Gasteiger partial charge in [0, 0.05) is 11.0 Å². The maximum absolute atomic E-state index is 11.0. The molecule has 19 heavy (non-hydrogen) atoms. The number of ether oxygens (including phenoxy) is 2. The fourth-order valence-electron chi connectivity index (χ4n) is 2.50. The molecule has 0 aliphatic heterocycles. The van der Waals surface area contributed by atoms with Gasteiger partial charge in [-0.1, -0.05) is 6.07 Å². The van der Waals surface area contributed by atoms with Crippen molar-refractivity contribution in [3.63, 3.8) is 0 Å². The lowest BCUT2D eigenvalue weighted by Crippen LogP contribution is -2.14. The molecule has 5 heteroatoms. The fourth-order valence-corrected chi connectivity index (χ4v) is 3.23. The average Bonchev–Trinajstić information content (AvgIpc) is 3.16. The summed E-state index contributed by atoms with van der Waals surface area (Å²) in [6, 6.07) is 3.83. The van der Waals surface area contributed by atoms with Gasteiger partial charge in [-0.25, -0.2) is 0 Å². The molecule has 1 N–H and O–H groups in total. The first-order valence-corrected chi connectivity index (χ1v) is 7.31. The van der Waals surface area contributed by atoms with Crippen LogP contribution in [0.1, 0.15) is 24.8 Å². The van der Waals surface area contributed by atoms with E-state index in [-0.39, 0.29) is 11.8 Å². The smallest absolute Gasteiger partial charge is 0.304 e. The molecule has 0 atom stereocenters. The minimum Gasteiger partial charge on any atom is -0.495 e. The monoisotopic (exact) mass is 282 g/mol. The summed E-state index contributed by atoms with van der Waals surface area (Å²) in [6.07, 6.45) is 3.91. The molecule has 104 valence electrons. The summed E-state index contributed by atoms with van der Waals surface area (Å²) in [5.74, 6) is 0.755. The van der Waals surface area contributed by atoms with E-state index < -0.39 is 5.97 Å². The Hall–Kier alpha value is -1.36. The molecule has 0 saturated heterocycles. The van der Waals surface area contributed by atoms with Gasteiger partial charge in [-0.05, 0) is 25.2 Å². The van der Waals surface area contributed by atoms with Crippen LogP contribution in [-0.2, 0) is 10.2 Å². The normalized spacial score (nSPS) is 15.9. The summed E-state index contributed by atoms with van der Waals surface area (Å²) in [4.78, 5) is 12.0. The Bertz CT molecular complexity index is 494. The summed E-state index contributed by atoms with van der Waals surface area (Å²) in [6.45, 7) is 0. The molecule has 0 radical (unpaired) electrons. The van der Waals surface area contributed by atoms with Crippen LogP contribution < -0.4 is 9.47 Å². The van der Waals surface area contributed by atoms with E-state index in [0.29, 0.717) is 0 Å². The third-order valence-electron chi connectivity index (χ3n) is 3.62. The zero-order chi connectivity index (χ0) is 14.0. The molecule has 0 bridgehead atoms. The van der Waals surface area contributed by atoms with Crippen LogP contribution in [0.4, 0.5) is 0 Å². The number of methoxy groups -OCH3 is 2. The second kappa shape index (κ2) is 5.33. The van der Waals surface area contributed by atoms with Crippen LogP contribution in [0.15, 0.2) is 17.0 Å². The standard InChI is InChI=1S/C14H18O4S/c1-17-10-5-4-9(12(18-2)13(10)19-3)14(6-7-14)8-11(15)16/h4-5H,6-8H2,1-3H3,(H,15,16). The Labute approximate surface area is 117 Å². The van der Waals surface area contributed by atoms with Crippen molar-refractivity contribution in [1.82, 2.24) is 0 Å². The molecule has 0 amide bonds. The molecule has 0 unspecified atom stereocenters. The first-order valence-electron chi connectivity index (χ1n) is 6.09. The van der Waals surface area contributed by atoms with Gasteiger partial charge in [0.1, 0.15) is 11.5 Å². The molecular weight excluding hydrogens is 264 g/mol. The number of rotatable bonds is 6. The van der Waals surface area contributed by atoms with E-state index in [9.17, 15) is 4.79 Å². The summed E-state index contributed by atoms with van der Waals surface area (Å²) >= 11 is 1.55. The fraction of sp³-hybridized carbons (Fsp3) is 0.500. The van der Waals surface area contributed by atoms with Crippen LogP contribution in [0, 0.1) is 0 Å². The maximum Gasteiger partial charge on any atom is 0.304 e. The minimum absolute atomic E-state index is 0.156. The van der Waals surface area contributed by atoms with Crippen LogP contribution in [0.2, 0.25) is 0 Å². The number of thioether (sulfide) groups is 1. The van der Waals surface area contributed by atoms with Gasteiger partial charge in [-0.2, -0.15) is 0 Å². The highest BCUT2D eigenvalue weighted by Gasteiger charge is 2.48. The molecule has 4 nitrogen and oxygen atoms in total. The average molecular weight is 282 g/mol. The van der Waals surface area contributed by atoms with Crippen LogP contribution in [0.25, 0.3) is 0 Å². The van der Waals surface area contributed by atoms with Gasteiger partial charge in [-0.3, -0.25) is 4.79 Å². The molecule has 0 spiro atoms. The molecule has 2 rings (SSSR count). The third-order valence-corrected chi connectivity index (χ3v) is 4.41. The number of carboxylic acid groups (broad SMARTS) is 1. The predicted octanol–water partition coefficient (Wildman–Crippen LogP) is 2.93. The zero-order valence-corrected chi connectivity index (χ0v) is 12.2. The highest BCUT2D eigenvalue weighted by Crippen LogP contribution is 2.56. The van der Waals surface area contributed by atoms with Crippen molar-refractivity contribution < 1.29 is 19.4 Å². The van der Waals surface area contributed by atoms with Crippen LogP contribution in [-0.4, -0.2) is 31.6 Å². The van der Waals surface area contributed by atoms with Crippen molar-refractivity contribution in [3.8, 4) is 11.5 Å². The van der Waals surface area contributed by atoms with E-state index in [4.69, 9.17) is 14.6 Å². The Balaban J connectivity index is 2.49. The number of carbonyl (C=O) groups is 1. The minimum atomic E-state index is -0.763. The van der Waals surface area contributed by atoms with Gasteiger partial charge in [0.25, 0.3) is 0 Å². The van der Waals surface area contributed by atoms with Crippen molar-refractivity contribution in [3.05, 3.63) is 17.7 Å². The van der Waals surface area contributed by atoms with E-state index in [1.54, 1.807) is 26.0 Å². The number of carboxylic acids is 1. The summed E-state index contributed by atoms with van der Waals surface area (Å²) < 4.78 is 10.9. The second-order valence-electron chi connectivity index (χ2n) is 4.73. The van der Waals surface area contributed by atoms with Gasteiger partial charge in [0.15, 0.2) is 0 Å². The third kappa shape index (κ3) is 2.52. The topological polar surface area (TPSA) is 55.8 Å². The molecule has 0 heterocycles. The molecule has 1 aromatic rings. The number of aliphatic carboxylic acids is 1. The highest BCUT2D eigenvalue weighted by atomic mass is 32.2. The van der Waals surface area contributed by atoms with Gasteiger partial charge in [0.05, 0.1) is 25.5 Å². The van der Waals surface area contributed by atoms with Crippen molar-refractivity contribution in [2.75, 3.05) is 20.5 Å². The van der Waals surface area contributed by atoms with Crippen LogP contribution in [0.3, 0.4) is 0 Å². The van der Waals surface area contributed by atoms with E-state index in [1.165, 1.54) is 0 Å². The first-order chi connectivity index (χ1) is 9.07. The molecular formula is C14H18O4S. The van der Waals surface area contributed by atoms with Gasteiger partial charge >= 0.3 is 5.97 Å². The number of hydrogen-bond donors (Lipinski definition) is 1. The molecule has 1 aliphatic rings. The molecule has 1 aliphatic carbocycles. The quantitative estimate of drug-likeness (QED) is 0.813. The van der Waals surface area contributed by atoms with Gasteiger partial charge in [0.2, 0.25) is 0 Å². The van der Waals surface area contributed by atoms with Crippen LogP contribution >= 0.6 is 11.8 Å². The van der Waals surface area contributed by atoms with Crippen molar-refractivity contribution in [2.24, 2.45) is 0 Å². The summed E-state index contributed by atoms with van der Waals surface area (Å²) in [5, 5.41) is 9.07. The predicted molar refractivity (Wildman–Crippen MR) is 74.5 cm³/mol. The molecule has 1 aromatic carbocycles. The lowest BCUT2D eigenvalue weighted by atomic mass is 9.91. The van der Waals surface area contributed by atoms with Crippen molar-refractivity contribution in [1.29, 1.82) is 0 Å². The van der Waals surface area contributed by atoms with Gasteiger partial charge < -0.3 is 14.6 Å². The van der Waals surface area contributed by atoms with Crippen LogP contribution in [0.5, 0.6) is 11.5 Å². The SMILES string of the molecule is COc1ccc(C2(CC(=O)O)CC2)c(OC)c1SC. The van der Waals surface area contributed by atoms with E-state index in [0.717, 1.165) is 34.8 Å². The van der Waals surface area contributed by atoms with E-state index in [1.807, 2.05) is 18.4 Å². The Morgan fingerprint density at radius 2 is 2.05 bits per heavy atom.